The zero-order valence-corrected chi connectivity index (χ0v) is 11.1. The van der Waals surface area contributed by atoms with Gasteiger partial charge in [0.05, 0.1) is 21.9 Å². The van der Waals surface area contributed by atoms with E-state index in [4.69, 9.17) is 5.26 Å². The molecular weight excluding hydrogens is 302 g/mol. The first-order valence-electron chi connectivity index (χ1n) is 5.07. The minimum absolute atomic E-state index is 0.171. The maximum atomic E-state index is 11.8. The summed E-state index contributed by atoms with van der Waals surface area (Å²) < 4.78 is 0.314. The molecule has 0 aliphatic rings. The van der Waals surface area contributed by atoms with Crippen LogP contribution in [0, 0.1) is 21.4 Å². The van der Waals surface area contributed by atoms with Gasteiger partial charge in [-0.1, -0.05) is 0 Å². The van der Waals surface area contributed by atoms with E-state index >= 15 is 0 Å². The fourth-order valence-electron chi connectivity index (χ4n) is 1.29. The summed E-state index contributed by atoms with van der Waals surface area (Å²) in [6.07, 6.45) is 0.185. The van der Waals surface area contributed by atoms with Crippen molar-refractivity contribution in [2.75, 3.05) is 0 Å². The third-order valence-corrected chi connectivity index (χ3v) is 2.85. The Balaban J connectivity index is 2.91. The Morgan fingerprint density at radius 2 is 2.33 bits per heavy atom. The minimum atomic E-state index is -0.570. The Bertz CT molecular complexity index is 525. The van der Waals surface area contributed by atoms with Crippen molar-refractivity contribution in [1.82, 2.24) is 5.32 Å². The van der Waals surface area contributed by atoms with E-state index in [2.05, 4.69) is 21.2 Å². The normalized spacial score (nSPS) is 11.4. The monoisotopic (exact) mass is 311 g/mol. The van der Waals surface area contributed by atoms with E-state index in [0.717, 1.165) is 0 Å². The van der Waals surface area contributed by atoms with Crippen LogP contribution in [0.2, 0.25) is 0 Å². The molecule has 0 spiro atoms. The number of halogens is 1. The molecule has 1 aromatic carbocycles. The average molecular weight is 312 g/mol. The fraction of sp³-hybridized carbons (Fsp3) is 0.273. The summed E-state index contributed by atoms with van der Waals surface area (Å²) in [4.78, 5) is 21.9. The average Bonchev–Trinajstić information content (AvgIpc) is 2.29. The van der Waals surface area contributed by atoms with E-state index in [1.165, 1.54) is 18.2 Å². The number of benzene rings is 1. The summed E-state index contributed by atoms with van der Waals surface area (Å²) >= 11 is 3.04. The first kappa shape index (κ1) is 14.1. The minimum Gasteiger partial charge on any atom is -0.349 e. The molecule has 0 saturated carbocycles. The second-order valence-electron chi connectivity index (χ2n) is 3.66. The van der Waals surface area contributed by atoms with E-state index in [9.17, 15) is 14.9 Å². The van der Waals surface area contributed by atoms with Gasteiger partial charge in [0.2, 0.25) is 0 Å². The number of nitrogens with zero attached hydrogens (tertiary/aromatic N) is 2. The summed E-state index contributed by atoms with van der Waals surface area (Å²) in [5, 5.41) is 21.8. The van der Waals surface area contributed by atoms with Crippen LogP contribution in [0.3, 0.4) is 0 Å². The van der Waals surface area contributed by atoms with Gasteiger partial charge >= 0.3 is 0 Å². The fourth-order valence-corrected chi connectivity index (χ4v) is 1.68. The molecule has 0 fully saturated rings. The van der Waals surface area contributed by atoms with Gasteiger partial charge in [-0.2, -0.15) is 5.26 Å². The van der Waals surface area contributed by atoms with Crippen molar-refractivity contribution in [3.05, 3.63) is 38.3 Å². The number of nitro groups is 1. The summed E-state index contributed by atoms with van der Waals surface area (Å²) in [5.74, 6) is -0.437. The summed E-state index contributed by atoms with van der Waals surface area (Å²) in [7, 11) is 0. The number of nitro benzene ring substituents is 1. The highest BCUT2D eigenvalue weighted by molar-refractivity contribution is 9.10. The third-order valence-electron chi connectivity index (χ3n) is 2.18. The standard InChI is InChI=1S/C11H10BrN3O3/c1-7(4-5-13)14-11(16)8-2-3-9(12)10(6-8)15(17)18/h2-3,6-7H,4H2,1H3,(H,14,16). The van der Waals surface area contributed by atoms with Crippen molar-refractivity contribution in [3.63, 3.8) is 0 Å². The van der Waals surface area contributed by atoms with Crippen LogP contribution >= 0.6 is 15.9 Å². The second kappa shape index (κ2) is 6.12. The lowest BCUT2D eigenvalue weighted by atomic mass is 10.1. The summed E-state index contributed by atoms with van der Waals surface area (Å²) in [5.41, 5.74) is 0.0188. The lowest BCUT2D eigenvalue weighted by Crippen LogP contribution is -2.32. The zero-order valence-electron chi connectivity index (χ0n) is 9.51. The van der Waals surface area contributed by atoms with Gasteiger partial charge in [-0.15, -0.1) is 0 Å². The maximum absolute atomic E-state index is 11.8. The molecule has 0 heterocycles. The third kappa shape index (κ3) is 3.53. The van der Waals surface area contributed by atoms with Gasteiger partial charge in [-0.05, 0) is 35.0 Å². The Labute approximate surface area is 112 Å². The van der Waals surface area contributed by atoms with Gasteiger partial charge in [0.25, 0.3) is 11.6 Å². The largest absolute Gasteiger partial charge is 0.349 e. The van der Waals surface area contributed by atoms with Crippen LogP contribution in [-0.2, 0) is 0 Å². The van der Waals surface area contributed by atoms with Crippen molar-refractivity contribution in [3.8, 4) is 6.07 Å². The van der Waals surface area contributed by atoms with Gasteiger partial charge in [0, 0.05) is 17.7 Å². The molecule has 0 aliphatic heterocycles. The van der Waals surface area contributed by atoms with Crippen molar-refractivity contribution >= 4 is 27.5 Å². The summed E-state index contributed by atoms with van der Waals surface area (Å²) in [6.45, 7) is 1.69. The van der Waals surface area contributed by atoms with Gasteiger partial charge in [0.15, 0.2) is 0 Å². The van der Waals surface area contributed by atoms with Crippen molar-refractivity contribution in [2.24, 2.45) is 0 Å². The molecule has 0 aromatic heterocycles. The molecule has 1 N–H and O–H groups in total. The number of hydrogen-bond acceptors (Lipinski definition) is 4. The first-order chi connectivity index (χ1) is 8.45. The number of rotatable bonds is 4. The smallest absolute Gasteiger partial charge is 0.284 e. The number of nitrogens with one attached hydrogen (secondary N) is 1. The molecule has 0 aliphatic carbocycles. The molecule has 1 unspecified atom stereocenters. The lowest BCUT2D eigenvalue weighted by molar-refractivity contribution is -0.385. The molecule has 0 saturated heterocycles. The molecule has 0 radical (unpaired) electrons. The topological polar surface area (TPSA) is 96.0 Å². The zero-order chi connectivity index (χ0) is 13.7. The molecule has 1 aromatic rings. The highest BCUT2D eigenvalue weighted by atomic mass is 79.9. The lowest BCUT2D eigenvalue weighted by Gasteiger charge is -2.10. The van der Waals surface area contributed by atoms with Crippen LogP contribution < -0.4 is 5.32 Å². The highest BCUT2D eigenvalue weighted by Gasteiger charge is 2.16. The molecule has 7 heteroatoms. The van der Waals surface area contributed by atoms with E-state index in [1.807, 2.05) is 6.07 Å². The van der Waals surface area contributed by atoms with Gasteiger partial charge in [-0.25, -0.2) is 0 Å². The number of carbonyl (C=O) groups is 1. The Morgan fingerprint density at radius 3 is 2.89 bits per heavy atom. The van der Waals surface area contributed by atoms with Gasteiger partial charge in [0.1, 0.15) is 0 Å². The number of nitriles is 1. The van der Waals surface area contributed by atoms with Gasteiger partial charge < -0.3 is 5.32 Å². The van der Waals surface area contributed by atoms with Crippen LogP contribution in [0.4, 0.5) is 5.69 Å². The second-order valence-corrected chi connectivity index (χ2v) is 4.51. The Morgan fingerprint density at radius 1 is 1.67 bits per heavy atom. The Kier molecular flexibility index (Phi) is 4.80. The van der Waals surface area contributed by atoms with Gasteiger partial charge in [-0.3, -0.25) is 14.9 Å². The molecule has 0 bridgehead atoms. The van der Waals surface area contributed by atoms with Crippen LogP contribution in [0.15, 0.2) is 22.7 Å². The number of amides is 1. The van der Waals surface area contributed by atoms with E-state index in [0.29, 0.717) is 4.47 Å². The summed E-state index contributed by atoms with van der Waals surface area (Å²) in [6, 6.07) is 5.75. The predicted octanol–water partition coefficient (Wildman–Crippen LogP) is 2.39. The van der Waals surface area contributed by atoms with Crippen molar-refractivity contribution < 1.29 is 9.72 Å². The van der Waals surface area contributed by atoms with E-state index < -0.39 is 10.8 Å². The quantitative estimate of drug-likeness (QED) is 0.682. The Hall–Kier alpha value is -1.94. The molecule has 1 amide bonds. The van der Waals surface area contributed by atoms with Crippen LogP contribution in [0.5, 0.6) is 0 Å². The molecule has 18 heavy (non-hydrogen) atoms. The molecule has 1 atom stereocenters. The molecular formula is C11H10BrN3O3. The predicted molar refractivity (Wildman–Crippen MR) is 68.0 cm³/mol. The number of carbonyl (C=O) groups excluding carboxylic acids is 1. The van der Waals surface area contributed by atoms with Crippen LogP contribution in [0.25, 0.3) is 0 Å². The SMILES string of the molecule is CC(CC#N)NC(=O)c1ccc(Br)c([N+](=O)[O-])c1. The van der Waals surface area contributed by atoms with E-state index in [1.54, 1.807) is 6.92 Å². The van der Waals surface area contributed by atoms with Crippen molar-refractivity contribution in [2.45, 2.75) is 19.4 Å². The molecule has 94 valence electrons. The maximum Gasteiger partial charge on any atom is 0.284 e. The van der Waals surface area contributed by atoms with Crippen molar-refractivity contribution in [1.29, 1.82) is 5.26 Å². The van der Waals surface area contributed by atoms with E-state index in [-0.39, 0.29) is 23.7 Å². The van der Waals surface area contributed by atoms with Crippen LogP contribution in [0.1, 0.15) is 23.7 Å². The first-order valence-corrected chi connectivity index (χ1v) is 5.86. The van der Waals surface area contributed by atoms with Crippen LogP contribution in [-0.4, -0.2) is 16.9 Å². The number of hydrogen-bond donors (Lipinski definition) is 1. The molecule has 1 rings (SSSR count). The molecule has 6 nitrogen and oxygen atoms in total. The highest BCUT2D eigenvalue weighted by Crippen LogP contribution is 2.25.